The SMILES string of the molecule is Cc1c(Cl)nc(C2CC2)nc1Sc1ccc(Br)cc1. The van der Waals surface area contributed by atoms with Crippen LogP contribution in [0.5, 0.6) is 0 Å². The van der Waals surface area contributed by atoms with Gasteiger partial charge in [-0.05, 0) is 44.0 Å². The van der Waals surface area contributed by atoms with Crippen LogP contribution in [0.15, 0.2) is 38.7 Å². The summed E-state index contributed by atoms with van der Waals surface area (Å²) < 4.78 is 1.08. The highest BCUT2D eigenvalue weighted by molar-refractivity contribution is 9.10. The zero-order valence-electron chi connectivity index (χ0n) is 10.4. The maximum Gasteiger partial charge on any atom is 0.136 e. The first kappa shape index (κ1) is 13.4. The number of benzene rings is 1. The van der Waals surface area contributed by atoms with Crippen molar-refractivity contribution < 1.29 is 0 Å². The molecule has 0 aliphatic heterocycles. The fourth-order valence-corrected chi connectivity index (χ4v) is 3.10. The highest BCUT2D eigenvalue weighted by atomic mass is 79.9. The first-order valence-corrected chi connectivity index (χ1v) is 8.09. The molecular formula is C14H12BrClN2S. The lowest BCUT2D eigenvalue weighted by atomic mass is 10.3. The van der Waals surface area contributed by atoms with E-state index >= 15 is 0 Å². The molecule has 0 radical (unpaired) electrons. The van der Waals surface area contributed by atoms with Gasteiger partial charge in [0, 0.05) is 20.8 Å². The maximum atomic E-state index is 6.21. The minimum Gasteiger partial charge on any atom is -0.226 e. The van der Waals surface area contributed by atoms with Gasteiger partial charge in [-0.25, -0.2) is 9.97 Å². The summed E-state index contributed by atoms with van der Waals surface area (Å²) in [5.41, 5.74) is 0.957. The summed E-state index contributed by atoms with van der Waals surface area (Å²) in [6.45, 7) is 1.97. The molecule has 0 saturated heterocycles. The van der Waals surface area contributed by atoms with Gasteiger partial charge in [-0.3, -0.25) is 0 Å². The highest BCUT2D eigenvalue weighted by Gasteiger charge is 2.28. The van der Waals surface area contributed by atoms with Gasteiger partial charge >= 0.3 is 0 Å². The lowest BCUT2D eigenvalue weighted by Crippen LogP contribution is -1.98. The van der Waals surface area contributed by atoms with Crippen molar-refractivity contribution in [1.82, 2.24) is 9.97 Å². The summed E-state index contributed by atoms with van der Waals surface area (Å²) in [5, 5.41) is 1.54. The van der Waals surface area contributed by atoms with E-state index in [0.29, 0.717) is 11.1 Å². The summed E-state index contributed by atoms with van der Waals surface area (Å²) in [7, 11) is 0. The first-order valence-electron chi connectivity index (χ1n) is 6.11. The number of aromatic nitrogens is 2. The molecule has 3 rings (SSSR count). The van der Waals surface area contributed by atoms with Crippen molar-refractivity contribution in [2.45, 2.75) is 35.6 Å². The van der Waals surface area contributed by atoms with Crippen LogP contribution in [0.25, 0.3) is 0 Å². The standard InChI is InChI=1S/C14H12BrClN2S/c1-8-12(16)17-13(9-2-3-9)18-14(8)19-11-6-4-10(15)5-7-11/h4-7,9H,2-3H2,1H3. The van der Waals surface area contributed by atoms with E-state index in [9.17, 15) is 0 Å². The molecule has 0 unspecified atom stereocenters. The Balaban J connectivity index is 1.92. The Morgan fingerprint density at radius 3 is 2.53 bits per heavy atom. The van der Waals surface area contributed by atoms with Gasteiger partial charge in [-0.1, -0.05) is 39.3 Å². The third-order valence-corrected chi connectivity index (χ3v) is 5.03. The molecule has 0 spiro atoms. The lowest BCUT2D eigenvalue weighted by Gasteiger charge is -2.08. The van der Waals surface area contributed by atoms with E-state index in [4.69, 9.17) is 11.6 Å². The van der Waals surface area contributed by atoms with Crippen molar-refractivity contribution in [3.63, 3.8) is 0 Å². The Morgan fingerprint density at radius 2 is 1.89 bits per heavy atom. The molecular weight excluding hydrogens is 344 g/mol. The van der Waals surface area contributed by atoms with Gasteiger partial charge in [-0.15, -0.1) is 0 Å². The normalized spacial score (nSPS) is 14.7. The number of hydrogen-bond acceptors (Lipinski definition) is 3. The van der Waals surface area contributed by atoms with Crippen LogP contribution in [0.3, 0.4) is 0 Å². The van der Waals surface area contributed by atoms with Crippen LogP contribution in [0.2, 0.25) is 5.15 Å². The van der Waals surface area contributed by atoms with Crippen molar-refractivity contribution in [3.05, 3.63) is 45.3 Å². The van der Waals surface area contributed by atoms with Crippen molar-refractivity contribution in [2.75, 3.05) is 0 Å². The van der Waals surface area contributed by atoms with Crippen molar-refractivity contribution in [3.8, 4) is 0 Å². The van der Waals surface area contributed by atoms with E-state index in [1.807, 2.05) is 19.1 Å². The topological polar surface area (TPSA) is 25.8 Å². The van der Waals surface area contributed by atoms with Crippen LogP contribution in [0.4, 0.5) is 0 Å². The molecule has 0 bridgehead atoms. The van der Waals surface area contributed by atoms with Crippen LogP contribution in [0, 0.1) is 6.92 Å². The minimum atomic E-state index is 0.516. The molecule has 1 aliphatic carbocycles. The molecule has 5 heteroatoms. The fraction of sp³-hybridized carbons (Fsp3) is 0.286. The summed E-state index contributed by atoms with van der Waals surface area (Å²) in [4.78, 5) is 10.2. The van der Waals surface area contributed by atoms with Crippen molar-refractivity contribution >= 4 is 39.3 Å². The average molecular weight is 356 g/mol. The molecule has 98 valence electrons. The van der Waals surface area contributed by atoms with E-state index in [0.717, 1.165) is 25.8 Å². The summed E-state index contributed by atoms with van der Waals surface area (Å²) in [6.07, 6.45) is 2.36. The molecule has 0 atom stereocenters. The van der Waals surface area contributed by atoms with Crippen LogP contribution in [-0.4, -0.2) is 9.97 Å². The minimum absolute atomic E-state index is 0.516. The van der Waals surface area contributed by atoms with Crippen LogP contribution >= 0.6 is 39.3 Å². The molecule has 1 saturated carbocycles. The predicted octanol–water partition coefficient (Wildman–Crippen LogP) is 5.23. The van der Waals surface area contributed by atoms with Gasteiger partial charge in [-0.2, -0.15) is 0 Å². The van der Waals surface area contributed by atoms with E-state index in [2.05, 4.69) is 38.0 Å². The van der Waals surface area contributed by atoms with Gasteiger partial charge < -0.3 is 0 Å². The van der Waals surface area contributed by atoms with E-state index in [1.54, 1.807) is 11.8 Å². The van der Waals surface area contributed by atoms with Crippen LogP contribution < -0.4 is 0 Å². The summed E-state index contributed by atoms with van der Waals surface area (Å²) in [6, 6.07) is 8.20. The molecule has 1 heterocycles. The second-order valence-corrected chi connectivity index (χ2v) is 6.97. The Morgan fingerprint density at radius 1 is 1.21 bits per heavy atom. The van der Waals surface area contributed by atoms with Crippen molar-refractivity contribution in [2.24, 2.45) is 0 Å². The number of hydrogen-bond donors (Lipinski definition) is 0. The second kappa shape index (κ2) is 5.43. The third kappa shape index (κ3) is 3.12. The molecule has 0 N–H and O–H groups in total. The monoisotopic (exact) mass is 354 g/mol. The van der Waals surface area contributed by atoms with E-state index < -0.39 is 0 Å². The zero-order chi connectivity index (χ0) is 13.4. The Kier molecular flexibility index (Phi) is 3.83. The maximum absolute atomic E-state index is 6.21. The molecule has 0 amide bonds. The third-order valence-electron chi connectivity index (χ3n) is 3.03. The molecule has 2 nitrogen and oxygen atoms in total. The van der Waals surface area contributed by atoms with Gasteiger partial charge in [0.25, 0.3) is 0 Å². The summed E-state index contributed by atoms with van der Waals surface area (Å²) >= 11 is 11.3. The lowest BCUT2D eigenvalue weighted by molar-refractivity contribution is 0.862. The van der Waals surface area contributed by atoms with E-state index in [1.165, 1.54) is 12.8 Å². The number of rotatable bonds is 3. The number of halogens is 2. The van der Waals surface area contributed by atoms with Crippen molar-refractivity contribution in [1.29, 1.82) is 0 Å². The van der Waals surface area contributed by atoms with Crippen LogP contribution in [-0.2, 0) is 0 Å². The van der Waals surface area contributed by atoms with Gasteiger partial charge in [0.1, 0.15) is 16.0 Å². The van der Waals surface area contributed by atoms with Gasteiger partial charge in [0.15, 0.2) is 0 Å². The quantitative estimate of drug-likeness (QED) is 0.705. The summed E-state index contributed by atoms with van der Waals surface area (Å²) in [5.74, 6) is 1.41. The van der Waals surface area contributed by atoms with Gasteiger partial charge in [0.05, 0.1) is 0 Å². The molecule has 1 aromatic carbocycles. The highest BCUT2D eigenvalue weighted by Crippen LogP contribution is 2.40. The molecule has 1 aliphatic rings. The zero-order valence-corrected chi connectivity index (χ0v) is 13.5. The molecule has 1 aromatic heterocycles. The Labute approximate surface area is 130 Å². The second-order valence-electron chi connectivity index (χ2n) is 4.63. The predicted molar refractivity (Wildman–Crippen MR) is 82.0 cm³/mol. The Hall–Kier alpha value is -0.580. The van der Waals surface area contributed by atoms with Crippen LogP contribution in [0.1, 0.15) is 30.1 Å². The Bertz CT molecular complexity index is 612. The fourth-order valence-electron chi connectivity index (χ4n) is 1.72. The average Bonchev–Trinajstić information content (AvgIpc) is 3.21. The number of nitrogens with zero attached hydrogens (tertiary/aromatic N) is 2. The largest absolute Gasteiger partial charge is 0.226 e. The smallest absolute Gasteiger partial charge is 0.136 e. The molecule has 1 fully saturated rings. The van der Waals surface area contributed by atoms with E-state index in [-0.39, 0.29) is 0 Å². The van der Waals surface area contributed by atoms with Gasteiger partial charge in [0.2, 0.25) is 0 Å². The molecule has 19 heavy (non-hydrogen) atoms. The first-order chi connectivity index (χ1) is 9.13. The molecule has 2 aromatic rings.